The zero-order valence-corrected chi connectivity index (χ0v) is 15.1. The van der Waals surface area contributed by atoms with Gasteiger partial charge >= 0.3 is 12.6 Å². The number of carbonyl (C=O) groups is 2. The summed E-state index contributed by atoms with van der Waals surface area (Å²) in [5.74, 6) is -1.05. The van der Waals surface area contributed by atoms with E-state index in [0.717, 1.165) is 0 Å². The van der Waals surface area contributed by atoms with Gasteiger partial charge in [0.2, 0.25) is 0 Å². The summed E-state index contributed by atoms with van der Waals surface area (Å²) < 4.78 is 29.4. The van der Waals surface area contributed by atoms with Crippen molar-refractivity contribution in [2.24, 2.45) is 0 Å². The van der Waals surface area contributed by atoms with Crippen molar-refractivity contribution in [1.29, 1.82) is 0 Å². The van der Waals surface area contributed by atoms with Gasteiger partial charge in [0.1, 0.15) is 5.75 Å². The van der Waals surface area contributed by atoms with Gasteiger partial charge in [0, 0.05) is 17.6 Å². The summed E-state index contributed by atoms with van der Waals surface area (Å²) in [4.78, 5) is 25.1. The normalized spacial score (nSPS) is 19.3. The smallest absolute Gasteiger partial charge is 0.387 e. The number of carbonyl (C=O) groups excluding carboxylic acids is 1. The topological polar surface area (TPSA) is 78.9 Å². The Morgan fingerprint density at radius 1 is 1.31 bits per heavy atom. The molecule has 0 spiro atoms. The molecule has 1 aromatic rings. The van der Waals surface area contributed by atoms with Gasteiger partial charge in [0.25, 0.3) is 5.91 Å². The Labute approximate surface area is 151 Å². The molecule has 0 saturated heterocycles. The van der Waals surface area contributed by atoms with Crippen LogP contribution in [0.1, 0.15) is 41.3 Å². The van der Waals surface area contributed by atoms with E-state index in [1.807, 2.05) is 11.8 Å². The average molecular weight is 370 g/mol. The Balaban J connectivity index is 1.94. The lowest BCUT2D eigenvalue weighted by atomic mass is 9.85. The van der Waals surface area contributed by atoms with Crippen molar-refractivity contribution >= 4 is 11.9 Å². The van der Waals surface area contributed by atoms with Crippen LogP contribution in [-0.2, 0) is 4.79 Å². The maximum Gasteiger partial charge on any atom is 0.387 e. The fourth-order valence-electron chi connectivity index (χ4n) is 3.30. The molecule has 6 nitrogen and oxygen atoms in total. The van der Waals surface area contributed by atoms with Crippen molar-refractivity contribution in [2.75, 3.05) is 13.1 Å². The number of aryl methyl sites for hydroxylation is 2. The highest BCUT2D eigenvalue weighted by atomic mass is 19.3. The van der Waals surface area contributed by atoms with Crippen LogP contribution in [0.15, 0.2) is 12.1 Å². The number of hydrogen-bond acceptors (Lipinski definition) is 4. The number of rotatable bonds is 8. The minimum Gasteiger partial charge on any atom is -0.480 e. The molecular formula is C18H24F2N2O4. The maximum atomic E-state index is 12.4. The predicted molar refractivity (Wildman–Crippen MR) is 91.7 cm³/mol. The number of carboxylic acids is 1. The number of alkyl halides is 2. The average Bonchev–Trinajstić information content (AvgIpc) is 2.51. The molecule has 1 saturated carbocycles. The van der Waals surface area contributed by atoms with Crippen LogP contribution in [0.3, 0.4) is 0 Å². The predicted octanol–water partition coefficient (Wildman–Crippen LogP) is 2.57. The number of nitrogens with zero attached hydrogens (tertiary/aromatic N) is 1. The number of ether oxygens (including phenoxy) is 1. The first kappa shape index (κ1) is 20.1. The van der Waals surface area contributed by atoms with E-state index < -0.39 is 12.6 Å². The fourth-order valence-corrected chi connectivity index (χ4v) is 3.30. The molecule has 1 aliphatic rings. The van der Waals surface area contributed by atoms with Crippen LogP contribution in [0.4, 0.5) is 8.78 Å². The van der Waals surface area contributed by atoms with Gasteiger partial charge < -0.3 is 15.2 Å². The summed E-state index contributed by atoms with van der Waals surface area (Å²) in [5, 5.41) is 11.8. The molecule has 1 fully saturated rings. The van der Waals surface area contributed by atoms with Crippen LogP contribution in [0, 0.1) is 13.8 Å². The van der Waals surface area contributed by atoms with Crippen LogP contribution in [-0.4, -0.2) is 53.7 Å². The highest BCUT2D eigenvalue weighted by Gasteiger charge is 2.34. The molecular weight excluding hydrogens is 346 g/mol. The number of benzene rings is 1. The zero-order valence-electron chi connectivity index (χ0n) is 15.1. The highest BCUT2D eigenvalue weighted by molar-refractivity contribution is 5.95. The summed E-state index contributed by atoms with van der Waals surface area (Å²) in [7, 11) is 0. The van der Waals surface area contributed by atoms with E-state index in [2.05, 4.69) is 10.1 Å². The quantitative estimate of drug-likeness (QED) is 0.735. The first-order valence-corrected chi connectivity index (χ1v) is 8.54. The largest absolute Gasteiger partial charge is 0.480 e. The Hall–Kier alpha value is -2.22. The molecule has 0 aromatic heterocycles. The Morgan fingerprint density at radius 3 is 2.35 bits per heavy atom. The number of carboxylic acid groups (broad SMARTS) is 1. The molecule has 144 valence electrons. The summed E-state index contributed by atoms with van der Waals surface area (Å²) in [6, 6.07) is 3.18. The van der Waals surface area contributed by atoms with E-state index in [1.54, 1.807) is 13.8 Å². The molecule has 0 radical (unpaired) electrons. The number of amides is 1. The second-order valence-electron chi connectivity index (χ2n) is 6.57. The standard InChI is InChI=1S/C18H24F2N2O4/c1-4-22(9-15(23)24)14-7-13(8-14)21-17(25)12-5-10(2)16(11(3)6-12)26-18(19)20/h5-6,13-14,18H,4,7-9H2,1-3H3,(H,21,25)(H,23,24). The van der Waals surface area contributed by atoms with E-state index in [9.17, 15) is 18.4 Å². The second-order valence-corrected chi connectivity index (χ2v) is 6.57. The molecule has 1 aliphatic carbocycles. The first-order chi connectivity index (χ1) is 12.2. The molecule has 26 heavy (non-hydrogen) atoms. The molecule has 2 rings (SSSR count). The number of aliphatic carboxylic acids is 1. The Bertz CT molecular complexity index is 652. The van der Waals surface area contributed by atoms with Crippen molar-refractivity contribution < 1.29 is 28.2 Å². The third-order valence-electron chi connectivity index (χ3n) is 4.64. The molecule has 1 amide bonds. The van der Waals surface area contributed by atoms with E-state index in [4.69, 9.17) is 5.11 Å². The van der Waals surface area contributed by atoms with Crippen molar-refractivity contribution in [3.8, 4) is 5.75 Å². The van der Waals surface area contributed by atoms with Gasteiger partial charge in [-0.1, -0.05) is 6.92 Å². The monoisotopic (exact) mass is 370 g/mol. The molecule has 0 bridgehead atoms. The van der Waals surface area contributed by atoms with E-state index in [-0.39, 0.29) is 30.3 Å². The molecule has 1 aromatic carbocycles. The van der Waals surface area contributed by atoms with Crippen molar-refractivity contribution in [1.82, 2.24) is 10.2 Å². The maximum absolute atomic E-state index is 12.4. The summed E-state index contributed by atoms with van der Waals surface area (Å²) in [6.45, 7) is 2.86. The first-order valence-electron chi connectivity index (χ1n) is 8.54. The van der Waals surface area contributed by atoms with E-state index in [1.165, 1.54) is 12.1 Å². The lowest BCUT2D eigenvalue weighted by Crippen LogP contribution is -2.54. The number of hydrogen-bond donors (Lipinski definition) is 2. The molecule has 0 atom stereocenters. The van der Waals surface area contributed by atoms with Crippen LogP contribution in [0.5, 0.6) is 5.75 Å². The molecule has 2 N–H and O–H groups in total. The molecule has 0 heterocycles. The summed E-state index contributed by atoms with van der Waals surface area (Å²) in [5.41, 5.74) is 1.34. The van der Waals surface area contributed by atoms with Gasteiger partial charge in [-0.05, 0) is 56.5 Å². The van der Waals surface area contributed by atoms with E-state index in [0.29, 0.717) is 36.1 Å². The molecule has 0 aliphatic heterocycles. The minimum atomic E-state index is -2.91. The lowest BCUT2D eigenvalue weighted by molar-refractivity contribution is -0.139. The van der Waals surface area contributed by atoms with E-state index >= 15 is 0 Å². The van der Waals surface area contributed by atoms with Gasteiger partial charge in [0.05, 0.1) is 6.54 Å². The summed E-state index contributed by atoms with van der Waals surface area (Å²) >= 11 is 0. The highest BCUT2D eigenvalue weighted by Crippen LogP contribution is 2.28. The van der Waals surface area contributed by atoms with Crippen molar-refractivity contribution in [3.05, 3.63) is 28.8 Å². The minimum absolute atomic E-state index is 0.00811. The molecule has 8 heteroatoms. The van der Waals surface area contributed by atoms with Gasteiger partial charge in [0.15, 0.2) is 0 Å². The van der Waals surface area contributed by atoms with Gasteiger partial charge in [-0.25, -0.2) is 0 Å². The number of halogens is 2. The van der Waals surface area contributed by atoms with Gasteiger partial charge in [-0.2, -0.15) is 8.78 Å². The SMILES string of the molecule is CCN(CC(=O)O)C1CC(NC(=O)c2cc(C)c(OC(F)F)c(C)c2)C1. The third kappa shape index (κ3) is 4.91. The van der Waals surface area contributed by atoms with Crippen molar-refractivity contribution in [2.45, 2.75) is 52.3 Å². The number of nitrogens with one attached hydrogen (secondary N) is 1. The van der Waals surface area contributed by atoms with Crippen molar-refractivity contribution in [3.63, 3.8) is 0 Å². The summed E-state index contributed by atoms with van der Waals surface area (Å²) in [6.07, 6.45) is 1.38. The van der Waals surface area contributed by atoms with Crippen LogP contribution in [0.2, 0.25) is 0 Å². The fraction of sp³-hybridized carbons (Fsp3) is 0.556. The Morgan fingerprint density at radius 2 is 1.88 bits per heavy atom. The number of likely N-dealkylation sites (N-methyl/N-ethyl adjacent to an activating group) is 1. The second kappa shape index (κ2) is 8.44. The Kier molecular flexibility index (Phi) is 6.52. The third-order valence-corrected chi connectivity index (χ3v) is 4.64. The molecule has 0 unspecified atom stereocenters. The van der Waals surface area contributed by atoms with Crippen LogP contribution in [0.25, 0.3) is 0 Å². The zero-order chi connectivity index (χ0) is 19.4. The van der Waals surface area contributed by atoms with Crippen LogP contribution < -0.4 is 10.1 Å². The lowest BCUT2D eigenvalue weighted by Gasteiger charge is -2.42. The van der Waals surface area contributed by atoms with Crippen LogP contribution >= 0.6 is 0 Å². The van der Waals surface area contributed by atoms with Gasteiger partial charge in [-0.15, -0.1) is 0 Å². The van der Waals surface area contributed by atoms with Gasteiger partial charge in [-0.3, -0.25) is 14.5 Å².